The van der Waals surface area contributed by atoms with Crippen LogP contribution in [0.4, 0.5) is 0 Å². The number of hydrogen-bond acceptors (Lipinski definition) is 2. The summed E-state index contributed by atoms with van der Waals surface area (Å²) in [5.41, 5.74) is 0. The van der Waals surface area contributed by atoms with Gasteiger partial charge in [0.1, 0.15) is 0 Å². The van der Waals surface area contributed by atoms with E-state index < -0.39 is 8.32 Å². The summed E-state index contributed by atoms with van der Waals surface area (Å²) in [5.74, 6) is 0.590. The molecule has 0 aliphatic heterocycles. The molecule has 2 aromatic carbocycles. The van der Waals surface area contributed by atoms with E-state index in [-0.39, 0.29) is 11.1 Å². The topological polar surface area (TPSA) is 29.5 Å². The van der Waals surface area contributed by atoms with Gasteiger partial charge in [-0.2, -0.15) is 0 Å². The van der Waals surface area contributed by atoms with Gasteiger partial charge in [0.2, 0.25) is 0 Å². The van der Waals surface area contributed by atoms with Crippen LogP contribution < -0.4 is 10.4 Å². The molecule has 1 aliphatic carbocycles. The summed E-state index contributed by atoms with van der Waals surface area (Å²) >= 11 is 0. The van der Waals surface area contributed by atoms with Crippen molar-refractivity contribution in [3.05, 3.63) is 60.7 Å². The molecule has 3 rings (SSSR count). The smallest absolute Gasteiger partial charge is 0.261 e. The van der Waals surface area contributed by atoms with Gasteiger partial charge in [-0.15, -0.1) is 0 Å². The van der Waals surface area contributed by atoms with Gasteiger partial charge in [-0.3, -0.25) is 0 Å². The van der Waals surface area contributed by atoms with Crippen molar-refractivity contribution in [3.63, 3.8) is 0 Å². The van der Waals surface area contributed by atoms with Crippen LogP contribution in [0.15, 0.2) is 60.7 Å². The Kier molecular flexibility index (Phi) is 6.56. The second kappa shape index (κ2) is 8.72. The minimum atomic E-state index is -2.41. The first-order valence-electron chi connectivity index (χ1n) is 10.4. The Morgan fingerprint density at radius 1 is 0.926 bits per heavy atom. The summed E-state index contributed by atoms with van der Waals surface area (Å²) in [4.78, 5) is 0. The monoisotopic (exact) mass is 382 g/mol. The van der Waals surface area contributed by atoms with Crippen molar-refractivity contribution < 1.29 is 9.53 Å². The third kappa shape index (κ3) is 4.53. The van der Waals surface area contributed by atoms with Crippen molar-refractivity contribution >= 4 is 18.7 Å². The molecule has 0 saturated heterocycles. The van der Waals surface area contributed by atoms with Gasteiger partial charge >= 0.3 is 0 Å². The van der Waals surface area contributed by atoms with E-state index in [2.05, 4.69) is 81.4 Å². The molecule has 2 aromatic rings. The zero-order chi connectivity index (χ0) is 19.3. The first kappa shape index (κ1) is 20.3. The van der Waals surface area contributed by atoms with E-state index in [0.29, 0.717) is 5.92 Å². The average Bonchev–Trinajstić information content (AvgIpc) is 2.66. The van der Waals surface area contributed by atoms with Crippen molar-refractivity contribution in [2.75, 3.05) is 6.61 Å². The first-order valence-corrected chi connectivity index (χ1v) is 12.3. The van der Waals surface area contributed by atoms with Crippen LogP contribution >= 0.6 is 0 Å². The molecule has 1 fully saturated rings. The van der Waals surface area contributed by atoms with E-state index in [4.69, 9.17) is 4.43 Å². The quantitative estimate of drug-likeness (QED) is 0.745. The van der Waals surface area contributed by atoms with Gasteiger partial charge in [-0.05, 0) is 40.6 Å². The Labute approximate surface area is 165 Å². The SMILES string of the molecule is CC(C)(C)[Si](OCC[C@@H]1CCC[C@@H](O)C1)(c1ccccc1)c1ccccc1. The second-order valence-corrected chi connectivity index (χ2v) is 13.3. The number of rotatable bonds is 6. The van der Waals surface area contributed by atoms with Gasteiger partial charge in [-0.25, -0.2) is 0 Å². The molecule has 0 radical (unpaired) electrons. The lowest BCUT2D eigenvalue weighted by molar-refractivity contribution is 0.0918. The molecular weight excluding hydrogens is 348 g/mol. The molecule has 1 aliphatic rings. The van der Waals surface area contributed by atoms with Crippen LogP contribution in [0, 0.1) is 5.92 Å². The summed E-state index contributed by atoms with van der Waals surface area (Å²) in [7, 11) is -2.41. The molecule has 3 heteroatoms. The molecule has 2 nitrogen and oxygen atoms in total. The largest absolute Gasteiger partial charge is 0.407 e. The highest BCUT2D eigenvalue weighted by molar-refractivity contribution is 6.99. The van der Waals surface area contributed by atoms with Crippen LogP contribution in [0.5, 0.6) is 0 Å². The predicted molar refractivity (Wildman–Crippen MR) is 116 cm³/mol. The molecule has 0 unspecified atom stereocenters. The zero-order valence-electron chi connectivity index (χ0n) is 17.0. The number of hydrogen-bond donors (Lipinski definition) is 1. The van der Waals surface area contributed by atoms with Gasteiger partial charge in [0.25, 0.3) is 8.32 Å². The lowest BCUT2D eigenvalue weighted by Gasteiger charge is -2.43. The Bertz CT molecular complexity index is 654. The minimum Gasteiger partial charge on any atom is -0.407 e. The molecule has 146 valence electrons. The highest BCUT2D eigenvalue weighted by Gasteiger charge is 2.50. The Morgan fingerprint density at radius 3 is 1.96 bits per heavy atom. The fourth-order valence-electron chi connectivity index (χ4n) is 4.67. The molecular formula is C24H34O2Si. The summed E-state index contributed by atoms with van der Waals surface area (Å²) < 4.78 is 6.96. The van der Waals surface area contributed by atoms with Crippen molar-refractivity contribution in [1.82, 2.24) is 0 Å². The summed E-state index contributed by atoms with van der Waals surface area (Å²) in [5, 5.41) is 12.7. The van der Waals surface area contributed by atoms with Gasteiger partial charge < -0.3 is 9.53 Å². The van der Waals surface area contributed by atoms with E-state index in [9.17, 15) is 5.11 Å². The van der Waals surface area contributed by atoms with Crippen LogP contribution in [0.2, 0.25) is 5.04 Å². The third-order valence-corrected chi connectivity index (χ3v) is 11.1. The van der Waals surface area contributed by atoms with Gasteiger partial charge in [0.05, 0.1) is 6.10 Å². The maximum Gasteiger partial charge on any atom is 0.261 e. The number of benzene rings is 2. The molecule has 1 N–H and O–H groups in total. The normalized spacial score (nSPS) is 21.2. The van der Waals surface area contributed by atoms with Gasteiger partial charge in [0, 0.05) is 6.61 Å². The van der Waals surface area contributed by atoms with E-state index in [1.54, 1.807) is 0 Å². The molecule has 0 aromatic heterocycles. The van der Waals surface area contributed by atoms with Gasteiger partial charge in [-0.1, -0.05) is 94.3 Å². The van der Waals surface area contributed by atoms with E-state index in [1.807, 2.05) is 0 Å². The maximum absolute atomic E-state index is 9.99. The molecule has 27 heavy (non-hydrogen) atoms. The van der Waals surface area contributed by atoms with Crippen LogP contribution in [-0.4, -0.2) is 26.1 Å². The van der Waals surface area contributed by atoms with Crippen LogP contribution in [0.3, 0.4) is 0 Å². The maximum atomic E-state index is 9.99. The van der Waals surface area contributed by atoms with E-state index in [0.717, 1.165) is 32.3 Å². The van der Waals surface area contributed by atoms with E-state index in [1.165, 1.54) is 16.8 Å². The zero-order valence-corrected chi connectivity index (χ0v) is 18.0. The first-order chi connectivity index (χ1) is 12.9. The molecule has 0 amide bonds. The molecule has 0 spiro atoms. The average molecular weight is 383 g/mol. The standard InChI is InChI=1S/C24H34O2Si/c1-24(2,3)27(22-13-6-4-7-14-22,23-15-8-5-9-16-23)26-18-17-20-11-10-12-21(25)19-20/h4-9,13-16,20-21,25H,10-12,17-19H2,1-3H3/t20-,21+/m0/s1. The van der Waals surface area contributed by atoms with Crippen molar-refractivity contribution in [2.45, 2.75) is 64.0 Å². The highest BCUT2D eigenvalue weighted by Crippen LogP contribution is 2.37. The highest BCUT2D eigenvalue weighted by atomic mass is 28.4. The second-order valence-electron chi connectivity index (χ2n) is 8.99. The molecule has 0 heterocycles. The predicted octanol–water partition coefficient (Wildman–Crippen LogP) is 4.50. The molecule has 2 atom stereocenters. The summed E-state index contributed by atoms with van der Waals surface area (Å²) in [6.07, 6.45) is 5.20. The number of aliphatic hydroxyl groups is 1. The number of aliphatic hydroxyl groups excluding tert-OH is 1. The lowest BCUT2D eigenvalue weighted by Crippen LogP contribution is -2.66. The fraction of sp³-hybridized carbons (Fsp3) is 0.500. The summed E-state index contributed by atoms with van der Waals surface area (Å²) in [6.45, 7) is 7.74. The van der Waals surface area contributed by atoms with Gasteiger partial charge in [0.15, 0.2) is 0 Å². The minimum absolute atomic E-state index is 0.0295. The Morgan fingerprint density at radius 2 is 1.48 bits per heavy atom. The van der Waals surface area contributed by atoms with Crippen LogP contribution in [0.25, 0.3) is 0 Å². The van der Waals surface area contributed by atoms with Crippen LogP contribution in [-0.2, 0) is 4.43 Å². The Balaban J connectivity index is 1.89. The third-order valence-electron chi connectivity index (χ3n) is 6.02. The van der Waals surface area contributed by atoms with Crippen molar-refractivity contribution in [2.24, 2.45) is 5.92 Å². The Hall–Kier alpha value is -1.42. The summed E-state index contributed by atoms with van der Waals surface area (Å²) in [6, 6.07) is 21.7. The van der Waals surface area contributed by atoms with E-state index >= 15 is 0 Å². The lowest BCUT2D eigenvalue weighted by atomic mass is 9.85. The molecule has 1 saturated carbocycles. The van der Waals surface area contributed by atoms with Crippen molar-refractivity contribution in [3.8, 4) is 0 Å². The molecule has 0 bridgehead atoms. The van der Waals surface area contributed by atoms with Crippen LogP contribution in [0.1, 0.15) is 52.9 Å². The fourth-order valence-corrected chi connectivity index (χ4v) is 9.24. The van der Waals surface area contributed by atoms with Crippen molar-refractivity contribution in [1.29, 1.82) is 0 Å².